The summed E-state index contributed by atoms with van der Waals surface area (Å²) in [4.78, 5) is 17.7. The van der Waals surface area contributed by atoms with Gasteiger partial charge in [-0.15, -0.1) is 11.8 Å². The molecule has 0 aliphatic carbocycles. The Bertz CT molecular complexity index is 832. The van der Waals surface area contributed by atoms with Crippen LogP contribution >= 0.6 is 11.8 Å². The van der Waals surface area contributed by atoms with E-state index in [1.807, 2.05) is 0 Å². The molecule has 0 fully saturated rings. The molecule has 0 aliphatic heterocycles. The molecule has 0 spiro atoms. The van der Waals surface area contributed by atoms with Crippen LogP contribution in [0.5, 0.6) is 5.75 Å². The van der Waals surface area contributed by atoms with Crippen molar-refractivity contribution in [3.8, 4) is 5.75 Å². The van der Waals surface area contributed by atoms with Gasteiger partial charge >= 0.3 is 0 Å². The summed E-state index contributed by atoms with van der Waals surface area (Å²) in [6.07, 6.45) is 6.50. The van der Waals surface area contributed by atoms with Crippen molar-refractivity contribution in [3.63, 3.8) is 0 Å². The van der Waals surface area contributed by atoms with Crippen LogP contribution in [0.2, 0.25) is 0 Å². The van der Waals surface area contributed by atoms with Crippen LogP contribution in [0.4, 0.5) is 0 Å². The van der Waals surface area contributed by atoms with Crippen molar-refractivity contribution < 1.29 is 9.90 Å². The molecule has 2 N–H and O–H groups in total. The van der Waals surface area contributed by atoms with Crippen molar-refractivity contribution in [1.29, 1.82) is 0 Å². The summed E-state index contributed by atoms with van der Waals surface area (Å²) in [5.74, 6) is 0.311. The topological polar surface area (TPSA) is 62.2 Å². The number of phenolic OH excluding ortho intramolecular Hbond substituents is 1. The van der Waals surface area contributed by atoms with Crippen LogP contribution in [0, 0.1) is 0 Å². The zero-order valence-electron chi connectivity index (χ0n) is 20.1. The van der Waals surface area contributed by atoms with Crippen molar-refractivity contribution in [2.75, 3.05) is 6.54 Å². The Morgan fingerprint density at radius 2 is 1.74 bits per heavy atom. The second kappa shape index (κ2) is 10.5. The van der Waals surface area contributed by atoms with E-state index in [1.54, 1.807) is 36.3 Å². The normalized spacial score (nSPS) is 13.1. The molecule has 170 valence electrons. The van der Waals surface area contributed by atoms with Crippen molar-refractivity contribution in [3.05, 3.63) is 53.3 Å². The molecular formula is C26H38N2O2S. The quantitative estimate of drug-likeness (QED) is 0.460. The van der Waals surface area contributed by atoms with Gasteiger partial charge in [0.2, 0.25) is 0 Å². The highest BCUT2D eigenvalue weighted by atomic mass is 32.2. The van der Waals surface area contributed by atoms with E-state index >= 15 is 0 Å². The number of aromatic nitrogens is 1. The van der Waals surface area contributed by atoms with E-state index in [9.17, 15) is 9.90 Å². The fraction of sp³-hybridized carbons (Fsp3) is 0.538. The molecule has 0 radical (unpaired) electrons. The number of thioether (sulfide) groups is 1. The van der Waals surface area contributed by atoms with E-state index in [4.69, 9.17) is 0 Å². The lowest BCUT2D eigenvalue weighted by atomic mass is 9.79. The number of nitrogens with one attached hydrogen (secondary N) is 1. The Morgan fingerprint density at radius 3 is 2.23 bits per heavy atom. The molecule has 1 atom stereocenters. The van der Waals surface area contributed by atoms with Gasteiger partial charge in [0, 0.05) is 40.2 Å². The van der Waals surface area contributed by atoms with Gasteiger partial charge in [0.1, 0.15) is 5.75 Å². The maximum absolute atomic E-state index is 12.5. The zero-order chi connectivity index (χ0) is 23.2. The smallest absolute Gasteiger partial charge is 0.252 e. The van der Waals surface area contributed by atoms with Gasteiger partial charge < -0.3 is 10.4 Å². The van der Waals surface area contributed by atoms with Gasteiger partial charge in [0.25, 0.3) is 5.91 Å². The number of unbranched alkanes of at least 4 members (excludes halogenated alkanes) is 1. The third kappa shape index (κ3) is 7.27. The average molecular weight is 443 g/mol. The van der Waals surface area contributed by atoms with Crippen LogP contribution in [0.3, 0.4) is 0 Å². The molecule has 0 aliphatic rings. The second-order valence-electron chi connectivity index (χ2n) is 10.2. The number of hydrogen-bond acceptors (Lipinski definition) is 4. The Labute approximate surface area is 192 Å². The van der Waals surface area contributed by atoms with E-state index in [-0.39, 0.29) is 22.0 Å². The van der Waals surface area contributed by atoms with Gasteiger partial charge in [-0.3, -0.25) is 9.78 Å². The van der Waals surface area contributed by atoms with Crippen molar-refractivity contribution >= 4 is 17.7 Å². The average Bonchev–Trinajstić information content (AvgIpc) is 2.69. The molecule has 2 rings (SSSR count). The van der Waals surface area contributed by atoms with Gasteiger partial charge in [0.05, 0.1) is 5.56 Å². The Hall–Kier alpha value is -2.01. The van der Waals surface area contributed by atoms with E-state index in [2.05, 4.69) is 70.9 Å². The standard InChI is InChI=1S/C26H38N2O2S/c1-8-9-12-19(17-28-24(30)18-11-10-13-27-16-18)31-20-14-21(25(2,3)4)23(29)22(15-20)26(5,6)7/h10-11,13-16,19,29H,8-9,12,17H2,1-7H3,(H,28,30). The molecular weight excluding hydrogens is 404 g/mol. The number of nitrogens with zero attached hydrogens (tertiary/aromatic N) is 1. The molecule has 1 unspecified atom stereocenters. The van der Waals surface area contributed by atoms with E-state index < -0.39 is 0 Å². The number of amides is 1. The number of aromatic hydroxyl groups is 1. The number of benzene rings is 1. The molecule has 0 saturated heterocycles. The number of carbonyl (C=O) groups excluding carboxylic acids is 1. The molecule has 0 bridgehead atoms. The van der Waals surface area contributed by atoms with Gasteiger partial charge in [-0.05, 0) is 41.5 Å². The minimum absolute atomic E-state index is 0.0911. The first kappa shape index (κ1) is 25.3. The Morgan fingerprint density at radius 1 is 1.13 bits per heavy atom. The SMILES string of the molecule is CCCCC(CNC(=O)c1cccnc1)Sc1cc(C(C)(C)C)c(O)c(C(C)(C)C)c1. The minimum atomic E-state index is -0.159. The summed E-state index contributed by atoms with van der Waals surface area (Å²) in [5.41, 5.74) is 2.20. The zero-order valence-corrected chi connectivity index (χ0v) is 20.9. The number of hydrogen-bond donors (Lipinski definition) is 2. The van der Waals surface area contributed by atoms with Crippen molar-refractivity contribution in [2.45, 2.75) is 88.7 Å². The largest absolute Gasteiger partial charge is 0.507 e. The van der Waals surface area contributed by atoms with E-state index in [0.29, 0.717) is 17.9 Å². The summed E-state index contributed by atoms with van der Waals surface area (Å²) in [7, 11) is 0. The first-order chi connectivity index (χ1) is 14.4. The molecule has 4 nitrogen and oxygen atoms in total. The Balaban J connectivity index is 2.28. The summed E-state index contributed by atoms with van der Waals surface area (Å²) >= 11 is 1.79. The van der Waals surface area contributed by atoms with Gasteiger partial charge in [-0.25, -0.2) is 0 Å². The molecule has 1 amide bonds. The number of pyridine rings is 1. The third-order valence-corrected chi connectivity index (χ3v) is 6.54. The predicted molar refractivity (Wildman–Crippen MR) is 131 cm³/mol. The third-order valence-electron chi connectivity index (χ3n) is 5.30. The van der Waals surface area contributed by atoms with Crippen LogP contribution in [0.1, 0.15) is 89.2 Å². The first-order valence-electron chi connectivity index (χ1n) is 11.2. The monoisotopic (exact) mass is 442 g/mol. The lowest BCUT2D eigenvalue weighted by Crippen LogP contribution is -2.30. The van der Waals surface area contributed by atoms with Crippen LogP contribution in [-0.4, -0.2) is 27.8 Å². The number of phenols is 1. The maximum Gasteiger partial charge on any atom is 0.252 e. The molecule has 0 saturated carbocycles. The second-order valence-corrected chi connectivity index (χ2v) is 11.6. The summed E-state index contributed by atoms with van der Waals surface area (Å²) in [5, 5.41) is 14.3. The molecule has 5 heteroatoms. The van der Waals surface area contributed by atoms with Gasteiger partial charge in [-0.2, -0.15) is 0 Å². The molecule has 31 heavy (non-hydrogen) atoms. The van der Waals surface area contributed by atoms with Gasteiger partial charge in [-0.1, -0.05) is 61.3 Å². The van der Waals surface area contributed by atoms with Crippen LogP contribution in [-0.2, 0) is 10.8 Å². The van der Waals surface area contributed by atoms with Gasteiger partial charge in [0.15, 0.2) is 0 Å². The highest BCUT2D eigenvalue weighted by Gasteiger charge is 2.27. The molecule has 1 aromatic heterocycles. The highest BCUT2D eigenvalue weighted by Crippen LogP contribution is 2.42. The van der Waals surface area contributed by atoms with Crippen LogP contribution < -0.4 is 5.32 Å². The van der Waals surface area contributed by atoms with Crippen LogP contribution in [0.25, 0.3) is 0 Å². The maximum atomic E-state index is 12.5. The predicted octanol–water partition coefficient (Wildman–Crippen LogP) is 6.46. The fourth-order valence-electron chi connectivity index (χ4n) is 3.45. The summed E-state index contributed by atoms with van der Waals surface area (Å²) < 4.78 is 0. The lowest BCUT2D eigenvalue weighted by molar-refractivity contribution is 0.0953. The van der Waals surface area contributed by atoms with E-state index in [1.165, 1.54) is 0 Å². The Kier molecular flexibility index (Phi) is 8.58. The highest BCUT2D eigenvalue weighted by molar-refractivity contribution is 8.00. The molecule has 2 aromatic rings. The van der Waals surface area contributed by atoms with Crippen molar-refractivity contribution in [2.24, 2.45) is 0 Å². The minimum Gasteiger partial charge on any atom is -0.507 e. The first-order valence-corrected chi connectivity index (χ1v) is 12.0. The molecule has 1 heterocycles. The fourth-order valence-corrected chi connectivity index (χ4v) is 4.66. The lowest BCUT2D eigenvalue weighted by Gasteiger charge is -2.29. The number of rotatable bonds is 8. The summed E-state index contributed by atoms with van der Waals surface area (Å²) in [6.45, 7) is 15.6. The van der Waals surface area contributed by atoms with Crippen LogP contribution in [0.15, 0.2) is 41.6 Å². The summed E-state index contributed by atoms with van der Waals surface area (Å²) in [6, 6.07) is 7.80. The molecule has 1 aromatic carbocycles. The number of carbonyl (C=O) groups is 1. The van der Waals surface area contributed by atoms with E-state index in [0.717, 1.165) is 35.3 Å². The van der Waals surface area contributed by atoms with Crippen molar-refractivity contribution in [1.82, 2.24) is 10.3 Å².